The molecular formula is C37H43N2PS2. The van der Waals surface area contributed by atoms with Crippen molar-refractivity contribution in [3.63, 3.8) is 0 Å². The second kappa shape index (κ2) is 9.07. The Bertz CT molecular complexity index is 1830. The fourth-order valence-corrected chi connectivity index (χ4v) is 16.5. The number of hydrogen-bond acceptors (Lipinski definition) is 2. The van der Waals surface area contributed by atoms with Crippen LogP contribution in [-0.2, 0) is 33.5 Å². The maximum Gasteiger partial charge on any atom is 0.0585 e. The van der Waals surface area contributed by atoms with Gasteiger partial charge in [0.1, 0.15) is 0 Å². The third-order valence-electron chi connectivity index (χ3n) is 10.7. The molecule has 2 N–H and O–H groups in total. The number of rotatable bonds is 1. The molecular weight excluding hydrogens is 568 g/mol. The fraction of sp³-hybridized carbons (Fsp3) is 0.405. The minimum atomic E-state index is -2.34. The number of allylic oxidation sites excluding steroid dienone is 4. The summed E-state index contributed by atoms with van der Waals surface area (Å²) in [6, 6.07) is 23.0. The first-order chi connectivity index (χ1) is 19.8. The Hall–Kier alpha value is -2.39. The molecule has 0 unspecified atom stereocenters. The molecule has 2 aliphatic heterocycles. The van der Waals surface area contributed by atoms with Crippen LogP contribution in [0.4, 0.5) is 0 Å². The fourth-order valence-electron chi connectivity index (χ4n) is 8.42. The maximum absolute atomic E-state index is 7.21. The van der Waals surface area contributed by atoms with Crippen LogP contribution in [0, 0.1) is 0 Å². The summed E-state index contributed by atoms with van der Waals surface area (Å²) in [6.07, 6.45) is 3.40. The van der Waals surface area contributed by atoms with Gasteiger partial charge in [-0.25, -0.2) is 0 Å². The molecule has 8 bridgehead atoms. The average Bonchev–Trinajstić information content (AvgIpc) is 3.74. The second-order valence-electron chi connectivity index (χ2n) is 14.5. The van der Waals surface area contributed by atoms with E-state index in [1.807, 2.05) is 11.3 Å². The van der Waals surface area contributed by atoms with Crippen molar-refractivity contribution < 1.29 is 0 Å². The van der Waals surface area contributed by atoms with Crippen molar-refractivity contribution in [2.45, 2.75) is 96.3 Å². The van der Waals surface area contributed by atoms with Gasteiger partial charge in [0.2, 0.25) is 0 Å². The third-order valence-corrected chi connectivity index (χ3v) is 18.1. The first-order valence-electron chi connectivity index (χ1n) is 15.4. The highest BCUT2D eigenvalue weighted by atomic mass is 32.4. The molecule has 1 fully saturated rings. The van der Waals surface area contributed by atoms with Crippen LogP contribution in [0.15, 0.2) is 88.5 Å². The van der Waals surface area contributed by atoms with Gasteiger partial charge in [-0.2, -0.15) is 0 Å². The van der Waals surface area contributed by atoms with Crippen LogP contribution in [0.1, 0.15) is 107 Å². The number of hydrogen-bond donors (Lipinski definition) is 2. The molecule has 42 heavy (non-hydrogen) atoms. The largest absolute Gasteiger partial charge is 0.361 e. The molecule has 7 rings (SSSR count). The normalized spacial score (nSPS) is 27.0. The van der Waals surface area contributed by atoms with E-state index in [4.69, 9.17) is 11.8 Å². The lowest BCUT2D eigenvalue weighted by Crippen LogP contribution is -2.27. The Balaban J connectivity index is 1.63. The monoisotopic (exact) mass is 610 g/mol. The lowest BCUT2D eigenvalue weighted by molar-refractivity contribution is 0.576. The lowest BCUT2D eigenvalue weighted by atomic mass is 9.74. The molecule has 3 aliphatic rings. The van der Waals surface area contributed by atoms with Gasteiger partial charge in [-0.05, 0) is 119 Å². The quantitative estimate of drug-likeness (QED) is 0.207. The van der Waals surface area contributed by atoms with Crippen LogP contribution in [0.25, 0.3) is 0 Å². The smallest absolute Gasteiger partial charge is 0.0585 e. The minimum Gasteiger partial charge on any atom is -0.361 e. The molecule has 3 aromatic heterocycles. The molecule has 5 heterocycles. The summed E-state index contributed by atoms with van der Waals surface area (Å²) in [5.41, 5.74) is 7.44. The van der Waals surface area contributed by atoms with Crippen LogP contribution < -0.4 is 5.30 Å². The van der Waals surface area contributed by atoms with E-state index in [0.29, 0.717) is 0 Å². The zero-order valence-electron chi connectivity index (χ0n) is 26.2. The van der Waals surface area contributed by atoms with E-state index in [9.17, 15) is 0 Å². The molecule has 5 heteroatoms. The van der Waals surface area contributed by atoms with E-state index >= 15 is 0 Å². The molecule has 1 aromatic carbocycles. The number of aromatic nitrogens is 2. The van der Waals surface area contributed by atoms with Gasteiger partial charge in [0.25, 0.3) is 0 Å². The Morgan fingerprint density at radius 2 is 1.24 bits per heavy atom. The van der Waals surface area contributed by atoms with E-state index in [2.05, 4.69) is 132 Å². The number of nitrogens with one attached hydrogen (secondary N) is 2. The minimum absolute atomic E-state index is 0.135. The molecule has 4 aromatic rings. The van der Waals surface area contributed by atoms with Gasteiger partial charge in [0.15, 0.2) is 0 Å². The Morgan fingerprint density at radius 3 is 1.81 bits per heavy atom. The summed E-state index contributed by atoms with van der Waals surface area (Å²) in [5.74, 6) is 0. The van der Waals surface area contributed by atoms with Gasteiger partial charge in [0, 0.05) is 54.8 Å². The summed E-state index contributed by atoms with van der Waals surface area (Å²) >= 11 is 9.17. The van der Waals surface area contributed by atoms with Crippen LogP contribution in [-0.4, -0.2) is 9.97 Å². The number of fused-ring (bicyclic) bond motifs is 6. The number of thiophene rings is 1. The second-order valence-corrected chi connectivity index (χ2v) is 19.8. The highest BCUT2D eigenvalue weighted by Gasteiger charge is 2.60. The molecule has 0 spiro atoms. The van der Waals surface area contributed by atoms with Crippen LogP contribution >= 0.6 is 17.4 Å². The molecule has 0 saturated heterocycles. The van der Waals surface area contributed by atoms with E-state index in [1.165, 1.54) is 60.5 Å². The van der Waals surface area contributed by atoms with Crippen LogP contribution in [0.2, 0.25) is 0 Å². The summed E-state index contributed by atoms with van der Waals surface area (Å²) in [5, 5.41) is 4.35. The van der Waals surface area contributed by atoms with Crippen molar-refractivity contribution >= 4 is 34.5 Å². The highest BCUT2D eigenvalue weighted by molar-refractivity contribution is 8.22. The van der Waals surface area contributed by atoms with Crippen molar-refractivity contribution in [3.8, 4) is 0 Å². The van der Waals surface area contributed by atoms with E-state index in [1.54, 1.807) is 5.57 Å². The van der Waals surface area contributed by atoms with Gasteiger partial charge in [-0.3, -0.25) is 0 Å². The van der Waals surface area contributed by atoms with Gasteiger partial charge in [0.05, 0.1) is 5.41 Å². The molecule has 1 saturated carbocycles. The Labute approximate surface area is 260 Å². The average molecular weight is 611 g/mol. The van der Waals surface area contributed by atoms with Gasteiger partial charge in [-0.15, -0.1) is 11.3 Å². The zero-order chi connectivity index (χ0) is 29.9. The standard InChI is InChI=1S/C37H43N2PS2/c1-23(2)32-37-22-12-15-25(37)33(40(32,41)24-13-10-9-11-14-24)36(7,8)28-17-16-26(38-28)34(3,4)30-20-21-31(42-30)35(5,6)27-18-19-29(37)39-27/h9-11,13-14,16-21,38-39H,12,15,22H2,1-8H3/t37-,40+/m1/s1. The number of aromatic amines is 2. The van der Waals surface area contributed by atoms with Crippen molar-refractivity contribution in [1.82, 2.24) is 9.97 Å². The van der Waals surface area contributed by atoms with Gasteiger partial charge < -0.3 is 9.97 Å². The van der Waals surface area contributed by atoms with Crippen molar-refractivity contribution in [1.29, 1.82) is 0 Å². The molecule has 0 radical (unpaired) electrons. The van der Waals surface area contributed by atoms with Gasteiger partial charge in [-0.1, -0.05) is 61.6 Å². The summed E-state index contributed by atoms with van der Waals surface area (Å²) in [4.78, 5) is 10.9. The van der Waals surface area contributed by atoms with Crippen molar-refractivity contribution in [2.24, 2.45) is 0 Å². The highest BCUT2D eigenvalue weighted by Crippen LogP contribution is 2.80. The van der Waals surface area contributed by atoms with E-state index in [-0.39, 0.29) is 21.7 Å². The van der Waals surface area contributed by atoms with Crippen molar-refractivity contribution in [2.75, 3.05) is 0 Å². The Morgan fingerprint density at radius 1 is 0.714 bits per heavy atom. The maximum atomic E-state index is 7.21. The lowest BCUT2D eigenvalue weighted by Gasteiger charge is -2.37. The first kappa shape index (κ1) is 28.4. The molecule has 1 aliphatic carbocycles. The molecule has 2 atom stereocenters. The molecule has 2 nitrogen and oxygen atoms in total. The summed E-state index contributed by atoms with van der Waals surface area (Å²) in [7, 11) is 0. The zero-order valence-corrected chi connectivity index (χ0v) is 28.8. The molecule has 0 amide bonds. The SMILES string of the molecule is CC(C)=C1[C@]23CCCC2=C(C(C)(C)c2ccc([nH]2)C(C)(C)c2ccc(s2)C(C)(C)c2ccc3[nH]2)[P@]1(=S)c1ccccc1. The van der Waals surface area contributed by atoms with Crippen LogP contribution in [0.5, 0.6) is 0 Å². The van der Waals surface area contributed by atoms with Crippen molar-refractivity contribution in [3.05, 3.63) is 121 Å². The summed E-state index contributed by atoms with van der Waals surface area (Å²) in [6.45, 7) is 19.0. The summed E-state index contributed by atoms with van der Waals surface area (Å²) < 4.78 is 0. The molecule has 218 valence electrons. The van der Waals surface area contributed by atoms with Gasteiger partial charge >= 0.3 is 0 Å². The Kier molecular flexibility index (Phi) is 6.13. The van der Waals surface area contributed by atoms with E-state index in [0.717, 1.165) is 12.8 Å². The number of H-pyrrole nitrogens is 2. The predicted octanol–water partition coefficient (Wildman–Crippen LogP) is 10.1. The first-order valence-corrected chi connectivity index (χ1v) is 19.0. The third kappa shape index (κ3) is 3.52. The van der Waals surface area contributed by atoms with Crippen LogP contribution in [0.3, 0.4) is 0 Å². The number of benzene rings is 1. The predicted molar refractivity (Wildman–Crippen MR) is 184 cm³/mol. The van der Waals surface area contributed by atoms with E-state index < -0.39 is 6.04 Å². The topological polar surface area (TPSA) is 31.6 Å².